The molecule has 2 aliphatic rings. The largest absolute Gasteiger partial charge is 0.0988 e. The molecule has 4 atom stereocenters. The van der Waals surface area contributed by atoms with Crippen LogP contribution in [0.1, 0.15) is 73.1 Å². The number of rotatable bonds is 3. The maximum absolute atomic E-state index is 3.90. The van der Waals surface area contributed by atoms with E-state index in [2.05, 4.69) is 47.3 Å². The van der Waals surface area contributed by atoms with Crippen molar-refractivity contribution in [3.8, 4) is 0 Å². The molecular formula is C20H34. The normalized spacial score (nSPS) is 41.0. The number of hydrogen-bond acceptors (Lipinski definition) is 0. The lowest BCUT2D eigenvalue weighted by Crippen LogP contribution is -2.51. The highest BCUT2D eigenvalue weighted by atomic mass is 14.6. The van der Waals surface area contributed by atoms with Gasteiger partial charge in [0.2, 0.25) is 0 Å². The molecule has 2 aliphatic carbocycles. The van der Waals surface area contributed by atoms with E-state index in [1.807, 2.05) is 6.08 Å². The van der Waals surface area contributed by atoms with Crippen LogP contribution in [0, 0.1) is 28.6 Å². The molecule has 0 aromatic carbocycles. The van der Waals surface area contributed by atoms with Gasteiger partial charge in [-0.1, -0.05) is 64.8 Å². The van der Waals surface area contributed by atoms with E-state index in [-0.39, 0.29) is 0 Å². The number of hydrogen-bond donors (Lipinski definition) is 0. The lowest BCUT2D eigenvalue weighted by Gasteiger charge is -2.59. The summed E-state index contributed by atoms with van der Waals surface area (Å²) in [6.45, 7) is 16.2. The third-order valence-electron chi connectivity index (χ3n) is 6.74. The predicted octanol–water partition coefficient (Wildman–Crippen LogP) is 6.39. The Morgan fingerprint density at radius 1 is 1.20 bits per heavy atom. The van der Waals surface area contributed by atoms with Crippen molar-refractivity contribution in [3.05, 3.63) is 24.3 Å². The van der Waals surface area contributed by atoms with E-state index in [1.54, 1.807) is 0 Å². The van der Waals surface area contributed by atoms with Crippen LogP contribution >= 0.6 is 0 Å². The summed E-state index contributed by atoms with van der Waals surface area (Å²) >= 11 is 0. The van der Waals surface area contributed by atoms with E-state index < -0.39 is 0 Å². The molecule has 0 heterocycles. The van der Waals surface area contributed by atoms with E-state index >= 15 is 0 Å². The van der Waals surface area contributed by atoms with Gasteiger partial charge in [-0.25, -0.2) is 0 Å². The molecule has 0 amide bonds. The SMILES string of the molecule is C=CC(C)=CC[C@H]1[C@@H](C)CC[C@H]2C(C)(C)CCC[C@]12C. The third kappa shape index (κ3) is 2.76. The molecular weight excluding hydrogens is 240 g/mol. The Kier molecular flexibility index (Phi) is 4.52. The fourth-order valence-corrected chi connectivity index (χ4v) is 5.51. The van der Waals surface area contributed by atoms with Crippen molar-refractivity contribution in [1.82, 2.24) is 0 Å². The Labute approximate surface area is 126 Å². The quantitative estimate of drug-likeness (QED) is 0.523. The van der Waals surface area contributed by atoms with Gasteiger partial charge < -0.3 is 0 Å². The maximum atomic E-state index is 3.90. The molecule has 2 fully saturated rings. The van der Waals surface area contributed by atoms with Gasteiger partial charge in [0.25, 0.3) is 0 Å². The van der Waals surface area contributed by atoms with Crippen molar-refractivity contribution in [3.63, 3.8) is 0 Å². The molecule has 0 saturated heterocycles. The molecule has 0 aromatic rings. The molecule has 2 rings (SSSR count). The van der Waals surface area contributed by atoms with Crippen molar-refractivity contribution in [2.24, 2.45) is 28.6 Å². The van der Waals surface area contributed by atoms with Crippen LogP contribution in [0.3, 0.4) is 0 Å². The van der Waals surface area contributed by atoms with E-state index in [0.29, 0.717) is 10.8 Å². The monoisotopic (exact) mass is 274 g/mol. The molecule has 0 aromatic heterocycles. The third-order valence-corrected chi connectivity index (χ3v) is 6.74. The molecule has 2 saturated carbocycles. The smallest absolute Gasteiger partial charge is 0.0259 e. The minimum absolute atomic E-state index is 0.544. The molecule has 0 radical (unpaired) electrons. The Balaban J connectivity index is 2.26. The molecule has 0 spiro atoms. The van der Waals surface area contributed by atoms with Crippen LogP contribution < -0.4 is 0 Å². The van der Waals surface area contributed by atoms with Crippen molar-refractivity contribution in [2.75, 3.05) is 0 Å². The zero-order valence-corrected chi connectivity index (χ0v) is 14.3. The van der Waals surface area contributed by atoms with Crippen LogP contribution in [0.5, 0.6) is 0 Å². The van der Waals surface area contributed by atoms with Gasteiger partial charge in [-0.05, 0) is 61.2 Å². The number of allylic oxidation sites excluding steroid dienone is 3. The van der Waals surface area contributed by atoms with Gasteiger partial charge in [-0.3, -0.25) is 0 Å². The molecule has 0 N–H and O–H groups in total. The summed E-state index contributed by atoms with van der Waals surface area (Å²) in [5.74, 6) is 2.65. The fourth-order valence-electron chi connectivity index (χ4n) is 5.51. The van der Waals surface area contributed by atoms with Gasteiger partial charge in [0.05, 0.1) is 0 Å². The summed E-state index contributed by atoms with van der Waals surface area (Å²) in [5.41, 5.74) is 2.44. The van der Waals surface area contributed by atoms with Gasteiger partial charge in [-0.2, -0.15) is 0 Å². The Hall–Kier alpha value is -0.520. The molecule has 20 heavy (non-hydrogen) atoms. The van der Waals surface area contributed by atoms with Crippen LogP contribution in [0.2, 0.25) is 0 Å². The Bertz CT molecular complexity index is 387. The van der Waals surface area contributed by atoms with Crippen LogP contribution in [0.15, 0.2) is 24.3 Å². The zero-order valence-electron chi connectivity index (χ0n) is 14.3. The second-order valence-corrected chi connectivity index (χ2v) is 8.45. The van der Waals surface area contributed by atoms with Crippen LogP contribution in [0.25, 0.3) is 0 Å². The average Bonchev–Trinajstić information content (AvgIpc) is 2.36. The molecule has 0 heteroatoms. The highest BCUT2D eigenvalue weighted by Crippen LogP contribution is 2.61. The summed E-state index contributed by atoms with van der Waals surface area (Å²) in [6, 6.07) is 0. The van der Waals surface area contributed by atoms with Crippen LogP contribution in [-0.4, -0.2) is 0 Å². The first-order valence-corrected chi connectivity index (χ1v) is 8.60. The molecule has 114 valence electrons. The summed E-state index contributed by atoms with van der Waals surface area (Å²) in [7, 11) is 0. The Morgan fingerprint density at radius 2 is 1.90 bits per heavy atom. The first-order chi connectivity index (χ1) is 9.31. The van der Waals surface area contributed by atoms with Crippen molar-refractivity contribution < 1.29 is 0 Å². The van der Waals surface area contributed by atoms with E-state index in [1.165, 1.54) is 44.1 Å². The van der Waals surface area contributed by atoms with E-state index in [9.17, 15) is 0 Å². The predicted molar refractivity (Wildman–Crippen MR) is 89.7 cm³/mol. The zero-order chi connectivity index (χ0) is 15.0. The summed E-state index contributed by atoms with van der Waals surface area (Å²) in [6.07, 6.45) is 12.9. The van der Waals surface area contributed by atoms with E-state index in [4.69, 9.17) is 0 Å². The van der Waals surface area contributed by atoms with Crippen molar-refractivity contribution in [2.45, 2.75) is 73.1 Å². The first-order valence-electron chi connectivity index (χ1n) is 8.60. The first kappa shape index (κ1) is 15.9. The van der Waals surface area contributed by atoms with Gasteiger partial charge in [0.1, 0.15) is 0 Å². The molecule has 0 bridgehead atoms. The van der Waals surface area contributed by atoms with E-state index in [0.717, 1.165) is 17.8 Å². The van der Waals surface area contributed by atoms with Gasteiger partial charge in [0, 0.05) is 0 Å². The minimum atomic E-state index is 0.544. The fraction of sp³-hybridized carbons (Fsp3) is 0.800. The summed E-state index contributed by atoms with van der Waals surface area (Å²) < 4.78 is 0. The second-order valence-electron chi connectivity index (χ2n) is 8.45. The topological polar surface area (TPSA) is 0 Å². The summed E-state index contributed by atoms with van der Waals surface area (Å²) in [4.78, 5) is 0. The lowest BCUT2D eigenvalue weighted by atomic mass is 9.46. The highest BCUT2D eigenvalue weighted by Gasteiger charge is 2.53. The van der Waals surface area contributed by atoms with Crippen molar-refractivity contribution in [1.29, 1.82) is 0 Å². The Morgan fingerprint density at radius 3 is 2.55 bits per heavy atom. The maximum Gasteiger partial charge on any atom is -0.0259 e. The van der Waals surface area contributed by atoms with Crippen LogP contribution in [0.4, 0.5) is 0 Å². The van der Waals surface area contributed by atoms with Crippen LogP contribution in [-0.2, 0) is 0 Å². The second kappa shape index (κ2) is 5.70. The lowest BCUT2D eigenvalue weighted by molar-refractivity contribution is -0.0922. The number of fused-ring (bicyclic) bond motifs is 1. The van der Waals surface area contributed by atoms with Gasteiger partial charge in [0.15, 0.2) is 0 Å². The van der Waals surface area contributed by atoms with Gasteiger partial charge in [-0.15, -0.1) is 0 Å². The molecule has 0 nitrogen and oxygen atoms in total. The van der Waals surface area contributed by atoms with Crippen molar-refractivity contribution >= 4 is 0 Å². The summed E-state index contributed by atoms with van der Waals surface area (Å²) in [5, 5.41) is 0. The standard InChI is InChI=1S/C20H34/c1-7-15(2)9-11-17-16(3)10-12-18-19(4,5)13-8-14-20(17,18)6/h7,9,16-18H,1,8,10-14H2,2-6H3/t16-,17-,18-,20+/m0/s1. The van der Waals surface area contributed by atoms with Gasteiger partial charge >= 0.3 is 0 Å². The molecule has 0 aliphatic heterocycles. The average molecular weight is 274 g/mol. The highest BCUT2D eigenvalue weighted by molar-refractivity contribution is 5.14. The molecule has 0 unspecified atom stereocenters. The minimum Gasteiger partial charge on any atom is -0.0988 e.